The molecule has 0 bridgehead atoms. The van der Waals surface area contributed by atoms with E-state index in [0.717, 1.165) is 22.2 Å². The molecule has 0 aliphatic carbocycles. The molecule has 3 rings (SSSR count). The molecule has 3 aromatic rings. The van der Waals surface area contributed by atoms with Gasteiger partial charge in [0.25, 0.3) is 5.91 Å². The van der Waals surface area contributed by atoms with Crippen molar-refractivity contribution in [2.24, 2.45) is 7.05 Å². The number of nitrogens with one attached hydrogen (secondary N) is 1. The molecule has 2 aromatic carbocycles. The van der Waals surface area contributed by atoms with Crippen molar-refractivity contribution in [3.05, 3.63) is 71.0 Å². The first-order valence-corrected chi connectivity index (χ1v) is 8.95. The Balaban J connectivity index is 1.52. The third-order valence-corrected chi connectivity index (χ3v) is 4.84. The second kappa shape index (κ2) is 8.08. The van der Waals surface area contributed by atoms with E-state index in [4.69, 9.17) is 4.74 Å². The normalized spacial score (nSPS) is 10.7. The summed E-state index contributed by atoms with van der Waals surface area (Å²) in [5.74, 6) is -1.30. The Morgan fingerprint density at radius 3 is 2.39 bits per heavy atom. The van der Waals surface area contributed by atoms with Gasteiger partial charge in [0.2, 0.25) is 5.78 Å². The highest BCUT2D eigenvalue weighted by molar-refractivity contribution is 6.01. The quantitative estimate of drug-likeness (QED) is 0.528. The molecule has 28 heavy (non-hydrogen) atoms. The number of esters is 1. The van der Waals surface area contributed by atoms with Crippen LogP contribution in [0.2, 0.25) is 0 Å². The standard InChI is InChI=1S/C22H22N2O4/c1-14-10-19(15(2)24(14)3)20(25)13-28-21(26)12-23-22(27)18-9-8-16-6-4-5-7-17(16)11-18/h4-11H,12-13H2,1-3H3,(H,23,27). The van der Waals surface area contributed by atoms with Crippen LogP contribution in [-0.2, 0) is 16.6 Å². The van der Waals surface area contributed by atoms with Gasteiger partial charge in [0.1, 0.15) is 6.54 Å². The first-order valence-electron chi connectivity index (χ1n) is 8.95. The molecule has 0 aliphatic heterocycles. The van der Waals surface area contributed by atoms with Gasteiger partial charge in [0.05, 0.1) is 0 Å². The zero-order valence-electron chi connectivity index (χ0n) is 16.1. The Labute approximate surface area is 163 Å². The van der Waals surface area contributed by atoms with Gasteiger partial charge in [-0.05, 0) is 42.8 Å². The second-order valence-corrected chi connectivity index (χ2v) is 6.67. The fourth-order valence-corrected chi connectivity index (χ4v) is 3.00. The fraction of sp³-hybridized carbons (Fsp3) is 0.227. The van der Waals surface area contributed by atoms with Crippen molar-refractivity contribution in [3.63, 3.8) is 0 Å². The van der Waals surface area contributed by atoms with E-state index in [2.05, 4.69) is 5.32 Å². The van der Waals surface area contributed by atoms with Crippen molar-refractivity contribution in [3.8, 4) is 0 Å². The molecule has 1 N–H and O–H groups in total. The third kappa shape index (κ3) is 4.11. The second-order valence-electron chi connectivity index (χ2n) is 6.67. The smallest absolute Gasteiger partial charge is 0.325 e. The van der Waals surface area contributed by atoms with E-state index in [1.807, 2.05) is 55.8 Å². The molecule has 0 radical (unpaired) electrons. The highest BCUT2D eigenvalue weighted by Gasteiger charge is 2.16. The molecule has 144 valence electrons. The van der Waals surface area contributed by atoms with Gasteiger partial charge >= 0.3 is 5.97 Å². The molecule has 1 heterocycles. The summed E-state index contributed by atoms with van der Waals surface area (Å²) in [5, 5.41) is 4.50. The number of carbonyl (C=O) groups excluding carboxylic acids is 3. The van der Waals surface area contributed by atoms with Crippen LogP contribution in [0.4, 0.5) is 0 Å². The van der Waals surface area contributed by atoms with E-state index in [1.54, 1.807) is 18.2 Å². The van der Waals surface area contributed by atoms with Crippen LogP contribution >= 0.6 is 0 Å². The molecule has 0 fully saturated rings. The maximum absolute atomic E-state index is 12.2. The number of fused-ring (bicyclic) bond motifs is 1. The minimum Gasteiger partial charge on any atom is -0.456 e. The summed E-state index contributed by atoms with van der Waals surface area (Å²) < 4.78 is 6.91. The molecule has 0 saturated carbocycles. The lowest BCUT2D eigenvalue weighted by atomic mass is 10.1. The van der Waals surface area contributed by atoms with Crippen molar-refractivity contribution in [1.82, 2.24) is 9.88 Å². The SMILES string of the molecule is Cc1cc(C(=O)COC(=O)CNC(=O)c2ccc3ccccc3c2)c(C)n1C. The van der Waals surface area contributed by atoms with Gasteiger partial charge in [0, 0.05) is 29.6 Å². The number of rotatable bonds is 6. The lowest BCUT2D eigenvalue weighted by Crippen LogP contribution is -2.31. The van der Waals surface area contributed by atoms with E-state index >= 15 is 0 Å². The number of carbonyl (C=O) groups is 3. The molecule has 0 spiro atoms. The van der Waals surface area contributed by atoms with Gasteiger partial charge in [-0.2, -0.15) is 0 Å². The Kier molecular flexibility index (Phi) is 5.59. The van der Waals surface area contributed by atoms with Gasteiger partial charge in [-0.3, -0.25) is 14.4 Å². The highest BCUT2D eigenvalue weighted by atomic mass is 16.5. The lowest BCUT2D eigenvalue weighted by molar-refractivity contribution is -0.141. The summed E-state index contributed by atoms with van der Waals surface area (Å²) in [4.78, 5) is 36.4. The number of nitrogens with zero attached hydrogens (tertiary/aromatic N) is 1. The van der Waals surface area contributed by atoms with Gasteiger partial charge < -0.3 is 14.6 Å². The van der Waals surface area contributed by atoms with Crippen molar-refractivity contribution >= 4 is 28.4 Å². The van der Waals surface area contributed by atoms with Gasteiger partial charge in [-0.1, -0.05) is 30.3 Å². The lowest BCUT2D eigenvalue weighted by Gasteiger charge is -2.07. The van der Waals surface area contributed by atoms with E-state index < -0.39 is 5.97 Å². The average molecular weight is 378 g/mol. The summed E-state index contributed by atoms with van der Waals surface area (Å²) in [5.41, 5.74) is 2.77. The number of ketones is 1. The maximum atomic E-state index is 12.2. The van der Waals surface area contributed by atoms with Crippen molar-refractivity contribution in [1.29, 1.82) is 0 Å². The Bertz CT molecular complexity index is 1070. The molecule has 0 aliphatic rings. The van der Waals surface area contributed by atoms with E-state index in [1.165, 1.54) is 0 Å². The predicted molar refractivity (Wildman–Crippen MR) is 106 cm³/mol. The predicted octanol–water partition coefficient (Wildman–Crippen LogP) is 2.95. The zero-order chi connectivity index (χ0) is 20.3. The van der Waals surface area contributed by atoms with Gasteiger partial charge in [-0.25, -0.2) is 0 Å². The molecule has 0 atom stereocenters. The molecule has 6 heteroatoms. The van der Waals surface area contributed by atoms with Crippen LogP contribution in [0.3, 0.4) is 0 Å². The number of aryl methyl sites for hydroxylation is 1. The molecule has 6 nitrogen and oxygen atoms in total. The number of Topliss-reactive ketones (excluding diaryl/α,β-unsaturated/α-hetero) is 1. The Hall–Kier alpha value is -3.41. The van der Waals surface area contributed by atoms with Crippen LogP contribution in [0.5, 0.6) is 0 Å². The summed E-state index contributed by atoms with van der Waals surface area (Å²) in [6, 6.07) is 14.8. The Morgan fingerprint density at radius 1 is 1.00 bits per heavy atom. The summed E-state index contributed by atoms with van der Waals surface area (Å²) in [6.07, 6.45) is 0. The summed E-state index contributed by atoms with van der Waals surface area (Å²) in [7, 11) is 1.87. The number of benzene rings is 2. The molecular weight excluding hydrogens is 356 g/mol. The first-order chi connectivity index (χ1) is 13.4. The van der Waals surface area contributed by atoms with Crippen LogP contribution in [0, 0.1) is 13.8 Å². The van der Waals surface area contributed by atoms with Crippen LogP contribution in [0.25, 0.3) is 10.8 Å². The van der Waals surface area contributed by atoms with Gasteiger partial charge in [0.15, 0.2) is 6.61 Å². The molecular formula is C22H22N2O4. The molecule has 1 aromatic heterocycles. The van der Waals surface area contributed by atoms with Crippen LogP contribution in [-0.4, -0.2) is 35.4 Å². The highest BCUT2D eigenvalue weighted by Crippen LogP contribution is 2.16. The van der Waals surface area contributed by atoms with E-state index in [0.29, 0.717) is 11.1 Å². The number of aromatic nitrogens is 1. The average Bonchev–Trinajstić information content (AvgIpc) is 2.97. The molecule has 0 unspecified atom stereocenters. The number of hydrogen-bond acceptors (Lipinski definition) is 4. The maximum Gasteiger partial charge on any atom is 0.325 e. The first kappa shape index (κ1) is 19.4. The van der Waals surface area contributed by atoms with Gasteiger partial charge in [-0.15, -0.1) is 0 Å². The molecule has 1 amide bonds. The number of ether oxygens (including phenoxy) is 1. The topological polar surface area (TPSA) is 77.4 Å². The van der Waals surface area contributed by atoms with Crippen LogP contribution < -0.4 is 5.32 Å². The molecule has 0 saturated heterocycles. The summed E-state index contributed by atoms with van der Waals surface area (Å²) >= 11 is 0. The van der Waals surface area contributed by atoms with Crippen LogP contribution in [0.15, 0.2) is 48.5 Å². The fourth-order valence-electron chi connectivity index (χ4n) is 3.00. The minimum absolute atomic E-state index is 0.268. The van der Waals surface area contributed by atoms with Crippen LogP contribution in [0.1, 0.15) is 32.1 Å². The van der Waals surface area contributed by atoms with E-state index in [9.17, 15) is 14.4 Å². The zero-order valence-corrected chi connectivity index (χ0v) is 16.1. The third-order valence-electron chi connectivity index (χ3n) is 4.84. The number of hydrogen-bond donors (Lipinski definition) is 1. The summed E-state index contributed by atoms with van der Waals surface area (Å²) in [6.45, 7) is 3.09. The number of amides is 1. The van der Waals surface area contributed by atoms with E-state index in [-0.39, 0.29) is 24.8 Å². The van der Waals surface area contributed by atoms with Crippen molar-refractivity contribution < 1.29 is 19.1 Å². The largest absolute Gasteiger partial charge is 0.456 e. The Morgan fingerprint density at radius 2 is 1.71 bits per heavy atom. The van der Waals surface area contributed by atoms with Crippen molar-refractivity contribution in [2.75, 3.05) is 13.2 Å². The monoisotopic (exact) mass is 378 g/mol. The minimum atomic E-state index is -0.659. The van der Waals surface area contributed by atoms with Crippen molar-refractivity contribution in [2.45, 2.75) is 13.8 Å².